The van der Waals surface area contributed by atoms with E-state index in [-0.39, 0.29) is 15.7 Å². The van der Waals surface area contributed by atoms with Crippen LogP contribution in [0.15, 0.2) is 30.3 Å². The Labute approximate surface area is 135 Å². The van der Waals surface area contributed by atoms with Crippen LogP contribution in [-0.4, -0.2) is 26.1 Å². The van der Waals surface area contributed by atoms with E-state index < -0.39 is 0 Å². The summed E-state index contributed by atoms with van der Waals surface area (Å²) >= 11 is 17.9. The molecule has 8 heteroatoms. The maximum Gasteiger partial charge on any atom is 0.225 e. The summed E-state index contributed by atoms with van der Waals surface area (Å²) in [6.07, 6.45) is 0. The molecule has 0 amide bonds. The van der Waals surface area contributed by atoms with Crippen molar-refractivity contribution in [3.05, 3.63) is 46.1 Å². The number of para-hydroxylation sites is 1. The van der Waals surface area contributed by atoms with Gasteiger partial charge in [0.05, 0.1) is 6.54 Å². The molecule has 0 atom stereocenters. The van der Waals surface area contributed by atoms with E-state index in [2.05, 4.69) is 15.0 Å². The molecule has 0 spiro atoms. The normalized spacial score (nSPS) is 11.0. The number of hydrogen-bond donors (Lipinski definition) is 0. The molecule has 108 valence electrons. The average molecular weight is 344 g/mol. The molecule has 0 bridgehead atoms. The zero-order chi connectivity index (χ0) is 14.8. The smallest absolute Gasteiger partial charge is 0.225 e. The Kier molecular flexibility index (Phi) is 4.14. The Morgan fingerprint density at radius 2 is 1.76 bits per heavy atom. The molecule has 0 N–H and O–H groups in total. The topological polar surface area (TPSA) is 52.8 Å². The minimum absolute atomic E-state index is 0.0364. The van der Waals surface area contributed by atoms with Gasteiger partial charge in [-0.05, 0) is 35.3 Å². The van der Waals surface area contributed by atoms with Crippen LogP contribution in [0, 0.1) is 0 Å². The summed E-state index contributed by atoms with van der Waals surface area (Å²) in [6, 6.07) is 9.49. The van der Waals surface area contributed by atoms with Gasteiger partial charge in [0.15, 0.2) is 10.8 Å². The maximum atomic E-state index is 6.10. The van der Waals surface area contributed by atoms with Crippen LogP contribution in [0.4, 0.5) is 0 Å². The number of halogens is 3. The van der Waals surface area contributed by atoms with Gasteiger partial charge in [0, 0.05) is 0 Å². The summed E-state index contributed by atoms with van der Waals surface area (Å²) in [5.41, 5.74) is 0.910. The summed E-state index contributed by atoms with van der Waals surface area (Å²) in [5, 5.41) is 0.513. The molecule has 0 aliphatic heterocycles. The predicted octanol–water partition coefficient (Wildman–Crippen LogP) is 3.87. The highest BCUT2D eigenvalue weighted by atomic mass is 35.5. The molecule has 3 rings (SSSR count). The second kappa shape index (κ2) is 6.05. The Morgan fingerprint density at radius 3 is 2.52 bits per heavy atom. The van der Waals surface area contributed by atoms with E-state index in [0.29, 0.717) is 24.3 Å². The highest BCUT2D eigenvalue weighted by molar-refractivity contribution is 6.36. The van der Waals surface area contributed by atoms with Crippen LogP contribution in [0.5, 0.6) is 5.75 Å². The predicted molar refractivity (Wildman–Crippen MR) is 82.3 cm³/mol. The molecular formula is C13H9Cl3N4O. The highest BCUT2D eigenvalue weighted by Gasteiger charge is 2.15. The SMILES string of the molecule is Clc1nc(Cl)c2c(n1)nc(Cl)n2CCOc1ccccc1. The fourth-order valence-corrected chi connectivity index (χ4v) is 2.64. The first-order valence-electron chi connectivity index (χ1n) is 6.08. The minimum atomic E-state index is 0.0364. The van der Waals surface area contributed by atoms with E-state index in [1.165, 1.54) is 0 Å². The summed E-state index contributed by atoms with van der Waals surface area (Å²) in [4.78, 5) is 12.0. The Bertz CT molecular complexity index is 776. The number of nitrogens with zero attached hydrogens (tertiary/aromatic N) is 4. The van der Waals surface area contributed by atoms with Crippen LogP contribution < -0.4 is 4.74 Å². The number of fused-ring (bicyclic) bond motifs is 1. The van der Waals surface area contributed by atoms with E-state index in [0.717, 1.165) is 5.75 Å². The monoisotopic (exact) mass is 342 g/mol. The molecule has 0 aliphatic carbocycles. The molecule has 2 aromatic heterocycles. The van der Waals surface area contributed by atoms with Crippen molar-refractivity contribution in [1.29, 1.82) is 0 Å². The fourth-order valence-electron chi connectivity index (χ4n) is 1.92. The average Bonchev–Trinajstić information content (AvgIpc) is 2.76. The molecule has 3 aromatic rings. The van der Waals surface area contributed by atoms with Crippen LogP contribution >= 0.6 is 34.8 Å². The van der Waals surface area contributed by atoms with Crippen LogP contribution in [-0.2, 0) is 6.54 Å². The number of rotatable bonds is 4. The molecule has 21 heavy (non-hydrogen) atoms. The van der Waals surface area contributed by atoms with Gasteiger partial charge in [-0.3, -0.25) is 0 Å². The Morgan fingerprint density at radius 1 is 1.00 bits per heavy atom. The van der Waals surface area contributed by atoms with Gasteiger partial charge in [0.25, 0.3) is 0 Å². The zero-order valence-electron chi connectivity index (χ0n) is 10.6. The molecule has 0 fully saturated rings. The third-order valence-corrected chi connectivity index (χ3v) is 3.53. The number of aromatic nitrogens is 4. The number of hydrogen-bond acceptors (Lipinski definition) is 4. The third kappa shape index (κ3) is 3.05. The quantitative estimate of drug-likeness (QED) is 0.410. The summed E-state index contributed by atoms with van der Waals surface area (Å²) in [7, 11) is 0. The first-order valence-corrected chi connectivity index (χ1v) is 7.21. The summed E-state index contributed by atoms with van der Waals surface area (Å²) in [6.45, 7) is 0.878. The van der Waals surface area contributed by atoms with Crippen molar-refractivity contribution in [2.75, 3.05) is 6.61 Å². The van der Waals surface area contributed by atoms with E-state index in [1.54, 1.807) is 4.57 Å². The van der Waals surface area contributed by atoms with Gasteiger partial charge in [-0.15, -0.1) is 0 Å². The molecular weight excluding hydrogens is 335 g/mol. The number of ether oxygens (including phenoxy) is 1. The summed E-state index contributed by atoms with van der Waals surface area (Å²) in [5.74, 6) is 0.781. The Balaban J connectivity index is 1.82. The van der Waals surface area contributed by atoms with Gasteiger partial charge in [-0.1, -0.05) is 29.8 Å². The van der Waals surface area contributed by atoms with E-state index >= 15 is 0 Å². The van der Waals surface area contributed by atoms with Crippen LogP contribution in [0.2, 0.25) is 15.7 Å². The highest BCUT2D eigenvalue weighted by Crippen LogP contribution is 2.25. The lowest BCUT2D eigenvalue weighted by molar-refractivity contribution is 0.300. The third-order valence-electron chi connectivity index (χ3n) is 2.81. The lowest BCUT2D eigenvalue weighted by atomic mass is 10.3. The van der Waals surface area contributed by atoms with E-state index in [4.69, 9.17) is 39.5 Å². The second-order valence-electron chi connectivity index (χ2n) is 4.15. The maximum absolute atomic E-state index is 6.10. The van der Waals surface area contributed by atoms with Gasteiger partial charge in [-0.25, -0.2) is 4.98 Å². The van der Waals surface area contributed by atoms with Crippen molar-refractivity contribution in [1.82, 2.24) is 19.5 Å². The minimum Gasteiger partial charge on any atom is -0.492 e. The lowest BCUT2D eigenvalue weighted by Gasteiger charge is -2.08. The van der Waals surface area contributed by atoms with Crippen molar-refractivity contribution in [3.8, 4) is 5.75 Å². The number of imidazole rings is 1. The van der Waals surface area contributed by atoms with Gasteiger partial charge in [-0.2, -0.15) is 9.97 Å². The standard InChI is InChI=1S/C13H9Cl3N4O/c14-10-9-11(18-12(15)17-10)19-13(16)20(9)6-7-21-8-4-2-1-3-5-8/h1-5H,6-7H2. The van der Waals surface area contributed by atoms with E-state index in [9.17, 15) is 0 Å². The molecule has 0 saturated carbocycles. The van der Waals surface area contributed by atoms with Crippen LogP contribution in [0.25, 0.3) is 11.2 Å². The zero-order valence-corrected chi connectivity index (χ0v) is 12.9. The van der Waals surface area contributed by atoms with Crippen molar-refractivity contribution in [2.24, 2.45) is 0 Å². The first-order chi connectivity index (χ1) is 10.1. The Hall–Kier alpha value is -1.56. The fraction of sp³-hybridized carbons (Fsp3) is 0.154. The molecule has 0 radical (unpaired) electrons. The molecule has 0 unspecified atom stereocenters. The lowest BCUT2D eigenvalue weighted by Crippen LogP contribution is -2.08. The largest absolute Gasteiger partial charge is 0.492 e. The van der Waals surface area contributed by atoms with Gasteiger partial charge < -0.3 is 9.30 Å². The molecule has 5 nitrogen and oxygen atoms in total. The van der Waals surface area contributed by atoms with Gasteiger partial charge in [0.1, 0.15) is 17.9 Å². The summed E-state index contributed by atoms with van der Waals surface area (Å²) < 4.78 is 7.32. The number of benzene rings is 1. The molecule has 0 saturated heterocycles. The molecule has 0 aliphatic rings. The van der Waals surface area contributed by atoms with Gasteiger partial charge >= 0.3 is 0 Å². The van der Waals surface area contributed by atoms with Crippen molar-refractivity contribution in [2.45, 2.75) is 6.54 Å². The van der Waals surface area contributed by atoms with Crippen molar-refractivity contribution >= 4 is 46.0 Å². The van der Waals surface area contributed by atoms with Crippen molar-refractivity contribution < 1.29 is 4.74 Å². The molecule has 1 aromatic carbocycles. The first kappa shape index (κ1) is 14.4. The van der Waals surface area contributed by atoms with Crippen molar-refractivity contribution in [3.63, 3.8) is 0 Å². The second-order valence-corrected chi connectivity index (χ2v) is 5.18. The van der Waals surface area contributed by atoms with Crippen LogP contribution in [0.3, 0.4) is 0 Å². The molecule has 2 heterocycles. The van der Waals surface area contributed by atoms with Gasteiger partial charge in [0.2, 0.25) is 10.6 Å². The van der Waals surface area contributed by atoms with E-state index in [1.807, 2.05) is 30.3 Å². The van der Waals surface area contributed by atoms with Crippen LogP contribution in [0.1, 0.15) is 0 Å².